The van der Waals surface area contributed by atoms with Crippen molar-refractivity contribution >= 4 is 0 Å². The molecule has 154 valence electrons. The zero-order chi connectivity index (χ0) is 20.2. The highest BCUT2D eigenvalue weighted by atomic mass is 16.5. The highest BCUT2D eigenvalue weighted by molar-refractivity contribution is 5.57. The molecular formula is C20H28N8O. The van der Waals surface area contributed by atoms with Crippen molar-refractivity contribution in [1.29, 1.82) is 0 Å². The number of hydrogen-bond donors (Lipinski definition) is 0. The summed E-state index contributed by atoms with van der Waals surface area (Å²) in [6.45, 7) is 4.80. The molecule has 9 nitrogen and oxygen atoms in total. The number of hydrogen-bond acceptors (Lipinski definition) is 7. The minimum atomic E-state index is 0.308. The van der Waals surface area contributed by atoms with E-state index in [-0.39, 0.29) is 0 Å². The standard InChI is InChI=1S/C20H28N8O/c1-14(2)11-19-22-24-26-28(19)13-18-20(23-25-27(18)3)17-10-9-16(12-21-17)29-15-7-5-4-6-8-15/h9-10,12,14-15H,4-8,11,13H2,1-3H3. The first kappa shape index (κ1) is 19.5. The van der Waals surface area contributed by atoms with Crippen molar-refractivity contribution in [3.05, 3.63) is 29.8 Å². The van der Waals surface area contributed by atoms with Crippen LogP contribution in [-0.4, -0.2) is 46.3 Å². The predicted molar refractivity (Wildman–Crippen MR) is 107 cm³/mol. The summed E-state index contributed by atoms with van der Waals surface area (Å²) in [5.74, 6) is 2.14. The number of nitrogens with zero attached hydrogens (tertiary/aromatic N) is 8. The van der Waals surface area contributed by atoms with Crippen LogP contribution in [0.3, 0.4) is 0 Å². The first-order valence-corrected chi connectivity index (χ1v) is 10.4. The highest BCUT2D eigenvalue weighted by Crippen LogP contribution is 2.25. The summed E-state index contributed by atoms with van der Waals surface area (Å²) in [5.41, 5.74) is 2.42. The average Bonchev–Trinajstić information content (AvgIpc) is 3.30. The van der Waals surface area contributed by atoms with Crippen molar-refractivity contribution in [3.8, 4) is 17.1 Å². The lowest BCUT2D eigenvalue weighted by Crippen LogP contribution is -2.19. The fourth-order valence-electron chi connectivity index (χ4n) is 3.72. The fraction of sp³-hybridized carbons (Fsp3) is 0.600. The van der Waals surface area contributed by atoms with E-state index in [1.807, 2.05) is 23.9 Å². The molecule has 0 amide bonds. The molecule has 0 N–H and O–H groups in total. The molecule has 0 aliphatic heterocycles. The lowest BCUT2D eigenvalue weighted by atomic mass is 9.98. The Morgan fingerprint density at radius 1 is 1.10 bits per heavy atom. The van der Waals surface area contributed by atoms with Gasteiger partial charge in [-0.05, 0) is 54.2 Å². The SMILES string of the molecule is CC(C)Cc1nnnn1Cc1c(-c2ccc(OC3CCCCC3)cn2)nnn1C. The van der Waals surface area contributed by atoms with Crippen LogP contribution in [-0.2, 0) is 20.0 Å². The van der Waals surface area contributed by atoms with Gasteiger partial charge in [-0.2, -0.15) is 0 Å². The zero-order valence-corrected chi connectivity index (χ0v) is 17.3. The van der Waals surface area contributed by atoms with E-state index in [0.717, 1.165) is 47.9 Å². The Bertz CT molecular complexity index is 924. The summed E-state index contributed by atoms with van der Waals surface area (Å²) in [6.07, 6.45) is 8.96. The summed E-state index contributed by atoms with van der Waals surface area (Å²) < 4.78 is 9.65. The van der Waals surface area contributed by atoms with E-state index in [1.54, 1.807) is 10.9 Å². The maximum absolute atomic E-state index is 6.09. The van der Waals surface area contributed by atoms with Crippen LogP contribution in [0.25, 0.3) is 11.4 Å². The molecule has 1 fully saturated rings. The minimum absolute atomic E-state index is 0.308. The van der Waals surface area contributed by atoms with E-state index < -0.39 is 0 Å². The smallest absolute Gasteiger partial charge is 0.151 e. The first-order chi connectivity index (χ1) is 14.1. The van der Waals surface area contributed by atoms with Crippen LogP contribution in [0.15, 0.2) is 18.3 Å². The van der Waals surface area contributed by atoms with E-state index in [2.05, 4.69) is 44.7 Å². The molecule has 0 atom stereocenters. The van der Waals surface area contributed by atoms with Gasteiger partial charge in [0.2, 0.25) is 0 Å². The molecule has 4 rings (SSSR count). The number of tetrazole rings is 1. The van der Waals surface area contributed by atoms with Crippen LogP contribution in [0.2, 0.25) is 0 Å². The molecule has 0 radical (unpaired) electrons. The number of aryl methyl sites for hydroxylation is 1. The quantitative estimate of drug-likeness (QED) is 0.606. The van der Waals surface area contributed by atoms with Gasteiger partial charge in [-0.3, -0.25) is 4.98 Å². The lowest BCUT2D eigenvalue weighted by molar-refractivity contribution is 0.154. The predicted octanol–water partition coefficient (Wildman–Crippen LogP) is 2.82. The van der Waals surface area contributed by atoms with E-state index in [9.17, 15) is 0 Å². The van der Waals surface area contributed by atoms with Crippen molar-refractivity contribution in [2.45, 2.75) is 65.0 Å². The number of aromatic nitrogens is 8. The molecule has 1 saturated carbocycles. The third-order valence-corrected chi connectivity index (χ3v) is 5.27. The van der Waals surface area contributed by atoms with Crippen LogP contribution < -0.4 is 4.74 Å². The second-order valence-corrected chi connectivity index (χ2v) is 8.12. The van der Waals surface area contributed by atoms with Gasteiger partial charge in [-0.1, -0.05) is 25.5 Å². The molecule has 0 spiro atoms. The molecule has 3 heterocycles. The van der Waals surface area contributed by atoms with Gasteiger partial charge in [0.05, 0.1) is 30.2 Å². The molecule has 0 unspecified atom stereocenters. The van der Waals surface area contributed by atoms with Crippen LogP contribution in [0, 0.1) is 5.92 Å². The monoisotopic (exact) mass is 396 g/mol. The average molecular weight is 396 g/mol. The number of rotatable bonds is 7. The van der Waals surface area contributed by atoms with Gasteiger partial charge in [0.1, 0.15) is 11.4 Å². The van der Waals surface area contributed by atoms with Crippen LogP contribution >= 0.6 is 0 Å². The van der Waals surface area contributed by atoms with Crippen molar-refractivity contribution in [3.63, 3.8) is 0 Å². The molecule has 1 aliphatic rings. The second kappa shape index (κ2) is 8.67. The van der Waals surface area contributed by atoms with Gasteiger partial charge in [-0.25, -0.2) is 9.36 Å². The van der Waals surface area contributed by atoms with E-state index in [1.165, 1.54) is 19.3 Å². The van der Waals surface area contributed by atoms with Gasteiger partial charge in [0.25, 0.3) is 0 Å². The molecule has 1 aliphatic carbocycles. The second-order valence-electron chi connectivity index (χ2n) is 8.12. The molecular weight excluding hydrogens is 368 g/mol. The lowest BCUT2D eigenvalue weighted by Gasteiger charge is -2.22. The molecule has 0 aromatic carbocycles. The molecule has 9 heteroatoms. The molecule has 3 aromatic rings. The Labute approximate surface area is 170 Å². The Hall–Kier alpha value is -2.84. The van der Waals surface area contributed by atoms with Gasteiger partial charge in [-0.15, -0.1) is 10.2 Å². The largest absolute Gasteiger partial charge is 0.489 e. The normalized spacial score (nSPS) is 15.2. The summed E-state index contributed by atoms with van der Waals surface area (Å²) >= 11 is 0. The Balaban J connectivity index is 1.52. The van der Waals surface area contributed by atoms with Gasteiger partial charge in [0, 0.05) is 13.5 Å². The van der Waals surface area contributed by atoms with Crippen molar-refractivity contribution in [2.75, 3.05) is 0 Å². The Morgan fingerprint density at radius 3 is 2.66 bits per heavy atom. The molecule has 3 aromatic heterocycles. The number of ether oxygens (including phenoxy) is 1. The Kier molecular flexibility index (Phi) is 5.82. The topological polar surface area (TPSA) is 96.4 Å². The first-order valence-electron chi connectivity index (χ1n) is 10.4. The van der Waals surface area contributed by atoms with Crippen LogP contribution in [0.1, 0.15) is 57.5 Å². The third kappa shape index (κ3) is 4.60. The number of pyridine rings is 1. The van der Waals surface area contributed by atoms with Gasteiger partial charge < -0.3 is 4.74 Å². The van der Waals surface area contributed by atoms with Crippen molar-refractivity contribution in [1.82, 2.24) is 40.2 Å². The summed E-state index contributed by atoms with van der Waals surface area (Å²) in [4.78, 5) is 4.59. The van der Waals surface area contributed by atoms with E-state index in [4.69, 9.17) is 4.74 Å². The molecule has 0 bridgehead atoms. The molecule has 29 heavy (non-hydrogen) atoms. The van der Waals surface area contributed by atoms with E-state index in [0.29, 0.717) is 18.6 Å². The van der Waals surface area contributed by atoms with Crippen LogP contribution in [0.5, 0.6) is 5.75 Å². The van der Waals surface area contributed by atoms with Gasteiger partial charge in [0.15, 0.2) is 5.82 Å². The third-order valence-electron chi connectivity index (χ3n) is 5.27. The summed E-state index contributed by atoms with van der Waals surface area (Å²) in [6, 6.07) is 3.91. The highest BCUT2D eigenvalue weighted by Gasteiger charge is 2.19. The van der Waals surface area contributed by atoms with Crippen molar-refractivity contribution < 1.29 is 4.74 Å². The van der Waals surface area contributed by atoms with Crippen LogP contribution in [0.4, 0.5) is 0 Å². The fourth-order valence-corrected chi connectivity index (χ4v) is 3.72. The maximum Gasteiger partial charge on any atom is 0.151 e. The molecule has 0 saturated heterocycles. The Morgan fingerprint density at radius 2 is 1.93 bits per heavy atom. The van der Waals surface area contributed by atoms with E-state index >= 15 is 0 Å². The summed E-state index contributed by atoms with van der Waals surface area (Å²) in [7, 11) is 1.87. The van der Waals surface area contributed by atoms with Gasteiger partial charge >= 0.3 is 0 Å². The zero-order valence-electron chi connectivity index (χ0n) is 17.3. The maximum atomic E-state index is 6.09. The van der Waals surface area contributed by atoms with Crippen molar-refractivity contribution in [2.24, 2.45) is 13.0 Å². The summed E-state index contributed by atoms with van der Waals surface area (Å²) in [5, 5.41) is 20.7. The minimum Gasteiger partial charge on any atom is -0.489 e.